The third-order valence-corrected chi connectivity index (χ3v) is 15.3. The highest BCUT2D eigenvalue weighted by Crippen LogP contribution is 2.55. The molecule has 0 unspecified atom stereocenters. The minimum absolute atomic E-state index is 0.107. The number of hydrogen-bond acceptors (Lipinski definition) is 1. The van der Waals surface area contributed by atoms with Gasteiger partial charge in [0.25, 0.3) is 0 Å². The van der Waals surface area contributed by atoms with Crippen LogP contribution in [0.1, 0.15) is 137 Å². The van der Waals surface area contributed by atoms with E-state index in [1.807, 2.05) is 0 Å². The van der Waals surface area contributed by atoms with Gasteiger partial charge in [0.2, 0.25) is 0 Å². The highest BCUT2D eigenvalue weighted by Gasteiger charge is 2.39. The Morgan fingerprint density at radius 1 is 0.390 bits per heavy atom. The van der Waals surface area contributed by atoms with E-state index in [0.29, 0.717) is 11.8 Å². The molecule has 4 aliphatic rings. The predicted octanol–water partition coefficient (Wildman–Crippen LogP) is 16.7. The SMILES string of the molecule is CC1(C)c2cc(C3CCCCC3)ccc2-c2ccc(N(c3ccc4c(c3)C(C)(C)c3cc(C5CCCCC5)ccc3-4)c3ccccc3-c3cccc4ccccc34)cc21. The summed E-state index contributed by atoms with van der Waals surface area (Å²) in [6, 6.07) is 54.3. The van der Waals surface area contributed by atoms with Gasteiger partial charge in [-0.05, 0) is 140 Å². The van der Waals surface area contributed by atoms with Crippen molar-refractivity contribution < 1.29 is 0 Å². The van der Waals surface area contributed by atoms with E-state index in [0.717, 1.165) is 0 Å². The lowest BCUT2D eigenvalue weighted by atomic mass is 9.78. The molecule has 11 rings (SSSR count). The average molecular weight is 768 g/mol. The Morgan fingerprint density at radius 2 is 0.831 bits per heavy atom. The molecular weight excluding hydrogens is 711 g/mol. The summed E-state index contributed by atoms with van der Waals surface area (Å²) >= 11 is 0. The molecule has 1 heteroatoms. The highest BCUT2D eigenvalue weighted by molar-refractivity contribution is 6.02. The maximum Gasteiger partial charge on any atom is 0.0540 e. The summed E-state index contributed by atoms with van der Waals surface area (Å²) in [5.74, 6) is 1.39. The van der Waals surface area contributed by atoms with E-state index in [1.165, 1.54) is 148 Å². The van der Waals surface area contributed by atoms with Gasteiger partial charge in [0.1, 0.15) is 0 Å². The Morgan fingerprint density at radius 3 is 1.39 bits per heavy atom. The zero-order valence-corrected chi connectivity index (χ0v) is 35.5. The second-order valence-electron chi connectivity index (χ2n) is 19.4. The smallest absolute Gasteiger partial charge is 0.0540 e. The van der Waals surface area contributed by atoms with Gasteiger partial charge < -0.3 is 4.90 Å². The highest BCUT2D eigenvalue weighted by atomic mass is 15.1. The number of fused-ring (bicyclic) bond motifs is 7. The van der Waals surface area contributed by atoms with Crippen LogP contribution in [0.4, 0.5) is 17.1 Å². The molecule has 59 heavy (non-hydrogen) atoms. The number of benzene rings is 7. The monoisotopic (exact) mass is 767 g/mol. The van der Waals surface area contributed by atoms with Crippen LogP contribution in [0.15, 0.2) is 140 Å². The minimum Gasteiger partial charge on any atom is -0.310 e. The van der Waals surface area contributed by atoms with Crippen LogP contribution >= 0.6 is 0 Å². The van der Waals surface area contributed by atoms with Gasteiger partial charge in [-0.15, -0.1) is 0 Å². The van der Waals surface area contributed by atoms with Crippen LogP contribution in [0.5, 0.6) is 0 Å². The van der Waals surface area contributed by atoms with Gasteiger partial charge in [0.15, 0.2) is 0 Å². The molecule has 7 aromatic rings. The Bertz CT molecular complexity index is 2620. The lowest BCUT2D eigenvalue weighted by Crippen LogP contribution is -2.18. The van der Waals surface area contributed by atoms with Crippen LogP contribution in [-0.2, 0) is 10.8 Å². The molecule has 0 aromatic heterocycles. The van der Waals surface area contributed by atoms with Crippen molar-refractivity contribution in [2.24, 2.45) is 0 Å². The van der Waals surface area contributed by atoms with Crippen molar-refractivity contribution in [2.75, 3.05) is 4.90 Å². The Kier molecular flexibility index (Phi) is 8.77. The summed E-state index contributed by atoms with van der Waals surface area (Å²) in [7, 11) is 0. The van der Waals surface area contributed by atoms with Crippen molar-refractivity contribution in [1.29, 1.82) is 0 Å². The molecule has 0 aliphatic heterocycles. The number of hydrogen-bond donors (Lipinski definition) is 0. The molecule has 0 spiro atoms. The van der Waals surface area contributed by atoms with Crippen LogP contribution in [0, 0.1) is 0 Å². The molecule has 0 bridgehead atoms. The summed E-state index contributed by atoms with van der Waals surface area (Å²) < 4.78 is 0. The quantitative estimate of drug-likeness (QED) is 0.163. The molecule has 0 radical (unpaired) electrons. The molecule has 2 fully saturated rings. The number of para-hydroxylation sites is 1. The molecule has 2 saturated carbocycles. The van der Waals surface area contributed by atoms with Gasteiger partial charge in [-0.3, -0.25) is 0 Å². The summed E-state index contributed by atoms with van der Waals surface area (Å²) in [4.78, 5) is 2.57. The molecule has 0 amide bonds. The first kappa shape index (κ1) is 36.7. The average Bonchev–Trinajstić information content (AvgIpc) is 3.65. The van der Waals surface area contributed by atoms with Crippen LogP contribution in [0.25, 0.3) is 44.2 Å². The van der Waals surface area contributed by atoms with E-state index < -0.39 is 0 Å². The zero-order chi connectivity index (χ0) is 39.9. The third-order valence-electron chi connectivity index (χ3n) is 15.3. The van der Waals surface area contributed by atoms with Gasteiger partial charge in [0.05, 0.1) is 5.69 Å². The summed E-state index contributed by atoms with van der Waals surface area (Å²) in [6.07, 6.45) is 13.5. The van der Waals surface area contributed by atoms with Crippen LogP contribution in [0.3, 0.4) is 0 Å². The first-order valence-electron chi connectivity index (χ1n) is 22.7. The van der Waals surface area contributed by atoms with Crippen LogP contribution < -0.4 is 4.90 Å². The number of rotatable bonds is 6. The van der Waals surface area contributed by atoms with Gasteiger partial charge in [-0.1, -0.05) is 175 Å². The Hall–Kier alpha value is -5.40. The number of anilines is 3. The lowest BCUT2D eigenvalue weighted by molar-refractivity contribution is 0.443. The molecule has 0 atom stereocenters. The predicted molar refractivity (Wildman–Crippen MR) is 251 cm³/mol. The molecule has 0 N–H and O–H groups in total. The molecule has 1 nitrogen and oxygen atoms in total. The summed E-state index contributed by atoms with van der Waals surface area (Å²) in [5, 5.41) is 2.54. The van der Waals surface area contributed by atoms with E-state index in [1.54, 1.807) is 11.1 Å². The van der Waals surface area contributed by atoms with E-state index in [4.69, 9.17) is 0 Å². The van der Waals surface area contributed by atoms with Crippen LogP contribution in [0.2, 0.25) is 0 Å². The van der Waals surface area contributed by atoms with Crippen LogP contribution in [-0.4, -0.2) is 0 Å². The van der Waals surface area contributed by atoms with Gasteiger partial charge in [-0.2, -0.15) is 0 Å². The van der Waals surface area contributed by atoms with Gasteiger partial charge in [-0.25, -0.2) is 0 Å². The van der Waals surface area contributed by atoms with Crippen molar-refractivity contribution in [2.45, 2.75) is 115 Å². The normalized spacial score (nSPS) is 18.0. The maximum absolute atomic E-state index is 2.58. The molecule has 0 heterocycles. The van der Waals surface area contributed by atoms with Crippen molar-refractivity contribution in [3.05, 3.63) is 173 Å². The van der Waals surface area contributed by atoms with Crippen molar-refractivity contribution in [3.8, 4) is 33.4 Å². The Labute approximate surface area is 352 Å². The first-order valence-corrected chi connectivity index (χ1v) is 22.7. The lowest BCUT2D eigenvalue weighted by Gasteiger charge is -2.31. The maximum atomic E-state index is 2.58. The second kappa shape index (κ2) is 14.1. The fourth-order valence-corrected chi connectivity index (χ4v) is 11.9. The van der Waals surface area contributed by atoms with Crippen molar-refractivity contribution >= 4 is 27.8 Å². The molecule has 4 aliphatic carbocycles. The van der Waals surface area contributed by atoms with Crippen molar-refractivity contribution in [1.82, 2.24) is 0 Å². The third kappa shape index (κ3) is 5.94. The molecular formula is C58H57N. The first-order chi connectivity index (χ1) is 28.8. The van der Waals surface area contributed by atoms with E-state index in [2.05, 4.69) is 172 Å². The fraction of sp³-hybridized carbons (Fsp3) is 0.310. The molecule has 0 saturated heterocycles. The fourth-order valence-electron chi connectivity index (χ4n) is 11.9. The Balaban J connectivity index is 1.07. The largest absolute Gasteiger partial charge is 0.310 e. The second-order valence-corrected chi connectivity index (χ2v) is 19.4. The topological polar surface area (TPSA) is 3.24 Å². The van der Waals surface area contributed by atoms with Crippen molar-refractivity contribution in [3.63, 3.8) is 0 Å². The van der Waals surface area contributed by atoms with E-state index in [9.17, 15) is 0 Å². The zero-order valence-electron chi connectivity index (χ0n) is 35.5. The standard InChI is InChI=1S/C58H57N/c1-57(2)52-34-41(38-16-7-5-8-17-38)26-30-47(52)49-32-28-43(36-54(49)57)59(56-25-14-13-23-51(56)46-24-15-21-40-20-11-12-22-45(40)46)44-29-33-50-48-31-27-42(39-18-9-6-10-19-39)35-53(48)58(3,4)55(50)37-44/h11-15,20-39H,5-10,16-19H2,1-4H3. The van der Waals surface area contributed by atoms with Gasteiger partial charge >= 0.3 is 0 Å². The summed E-state index contributed by atoms with van der Waals surface area (Å²) in [5.41, 5.74) is 20.4. The summed E-state index contributed by atoms with van der Waals surface area (Å²) in [6.45, 7) is 9.82. The van der Waals surface area contributed by atoms with Gasteiger partial charge in [0, 0.05) is 27.8 Å². The number of nitrogens with zero attached hydrogens (tertiary/aromatic N) is 1. The minimum atomic E-state index is -0.107. The molecule has 294 valence electrons. The van der Waals surface area contributed by atoms with E-state index >= 15 is 0 Å². The molecule has 7 aromatic carbocycles. The van der Waals surface area contributed by atoms with E-state index in [-0.39, 0.29) is 10.8 Å².